The first-order valence-corrected chi connectivity index (χ1v) is 7.16. The largest absolute Gasteiger partial charge is 0.345 e. The molecular weight excluding hydrogens is 345 g/mol. The van der Waals surface area contributed by atoms with Crippen LogP contribution in [0.1, 0.15) is 28.9 Å². The number of amides is 1. The molecule has 0 heterocycles. The second-order valence-corrected chi connectivity index (χ2v) is 5.67. The minimum absolute atomic E-state index is 0.102. The quantitative estimate of drug-likeness (QED) is 0.846. The Kier molecular flexibility index (Phi) is 4.78. The molecule has 0 radical (unpaired) electrons. The van der Waals surface area contributed by atoms with Crippen LogP contribution in [0.15, 0.2) is 46.9 Å². The zero-order valence-corrected chi connectivity index (χ0v) is 13.0. The van der Waals surface area contributed by atoms with E-state index >= 15 is 0 Å². The molecule has 2 rings (SSSR count). The smallest absolute Gasteiger partial charge is 0.256 e. The Morgan fingerprint density at radius 3 is 2.50 bits per heavy atom. The number of hydrogen-bond acceptors (Lipinski definition) is 1. The highest BCUT2D eigenvalue weighted by Gasteiger charge is 2.18. The Balaban J connectivity index is 2.17. The first-order chi connectivity index (χ1) is 9.49. The minimum Gasteiger partial charge on any atom is -0.345 e. The summed E-state index contributed by atoms with van der Waals surface area (Å²) >= 11 is 9.21. The number of rotatable bonds is 3. The van der Waals surface area contributed by atoms with Gasteiger partial charge >= 0.3 is 0 Å². The van der Waals surface area contributed by atoms with Gasteiger partial charge in [0.25, 0.3) is 5.91 Å². The van der Waals surface area contributed by atoms with E-state index in [1.54, 1.807) is 0 Å². The highest BCUT2D eigenvalue weighted by atomic mass is 79.9. The van der Waals surface area contributed by atoms with E-state index in [9.17, 15) is 9.18 Å². The van der Waals surface area contributed by atoms with Gasteiger partial charge in [0, 0.05) is 4.47 Å². The van der Waals surface area contributed by atoms with E-state index < -0.39 is 11.7 Å². The summed E-state index contributed by atoms with van der Waals surface area (Å²) in [6, 6.07) is 11.5. The molecule has 0 aromatic heterocycles. The molecule has 0 aliphatic heterocycles. The van der Waals surface area contributed by atoms with Crippen LogP contribution in [0, 0.1) is 5.82 Å². The summed E-state index contributed by atoms with van der Waals surface area (Å²) in [4.78, 5) is 12.1. The maximum Gasteiger partial charge on any atom is 0.256 e. The van der Waals surface area contributed by atoms with Crippen LogP contribution >= 0.6 is 27.5 Å². The lowest BCUT2D eigenvalue weighted by Crippen LogP contribution is -2.27. The van der Waals surface area contributed by atoms with Gasteiger partial charge in [-0.15, -0.1) is 0 Å². The number of hydrogen-bond donors (Lipinski definition) is 1. The highest BCUT2D eigenvalue weighted by Crippen LogP contribution is 2.21. The van der Waals surface area contributed by atoms with Crippen LogP contribution in [-0.2, 0) is 0 Å². The van der Waals surface area contributed by atoms with Gasteiger partial charge in [0.15, 0.2) is 0 Å². The molecule has 0 spiro atoms. The van der Waals surface area contributed by atoms with Gasteiger partial charge in [-0.2, -0.15) is 0 Å². The summed E-state index contributed by atoms with van der Waals surface area (Å²) in [5, 5.41) is 2.84. The number of benzene rings is 2. The van der Waals surface area contributed by atoms with Gasteiger partial charge in [0.1, 0.15) is 5.82 Å². The Hall–Kier alpha value is -1.39. The number of halogens is 3. The third-order valence-corrected chi connectivity index (χ3v) is 3.75. The first-order valence-electron chi connectivity index (χ1n) is 5.99. The third kappa shape index (κ3) is 3.38. The van der Waals surface area contributed by atoms with Crippen LogP contribution in [0.5, 0.6) is 0 Å². The maximum absolute atomic E-state index is 13.7. The van der Waals surface area contributed by atoms with E-state index in [0.717, 1.165) is 10.0 Å². The van der Waals surface area contributed by atoms with Crippen molar-refractivity contribution in [1.82, 2.24) is 5.32 Å². The Labute approximate surface area is 130 Å². The standard InChI is InChI=1S/C15H12BrClFNO/c1-9(10-5-7-11(16)8-6-10)19-15(20)14-12(17)3-2-4-13(14)18/h2-9H,1H3,(H,19,20)/t9-/m1/s1. The van der Waals surface area contributed by atoms with Crippen LogP contribution in [0.2, 0.25) is 5.02 Å². The van der Waals surface area contributed by atoms with Crippen molar-refractivity contribution in [1.29, 1.82) is 0 Å². The average molecular weight is 357 g/mol. The summed E-state index contributed by atoms with van der Waals surface area (Å²) in [5.74, 6) is -1.15. The number of nitrogens with one attached hydrogen (secondary N) is 1. The van der Waals surface area contributed by atoms with Gasteiger partial charge in [0.2, 0.25) is 0 Å². The molecule has 2 aromatic rings. The van der Waals surface area contributed by atoms with Gasteiger partial charge in [-0.25, -0.2) is 4.39 Å². The normalized spacial score (nSPS) is 12.0. The lowest BCUT2D eigenvalue weighted by Gasteiger charge is -2.15. The van der Waals surface area contributed by atoms with E-state index in [4.69, 9.17) is 11.6 Å². The van der Waals surface area contributed by atoms with Crippen molar-refractivity contribution >= 4 is 33.4 Å². The summed E-state index contributed by atoms with van der Waals surface area (Å²) < 4.78 is 14.6. The summed E-state index contributed by atoms with van der Waals surface area (Å²) in [6.07, 6.45) is 0. The Bertz CT molecular complexity index is 610. The molecule has 0 saturated carbocycles. The van der Waals surface area contributed by atoms with Crippen molar-refractivity contribution in [2.45, 2.75) is 13.0 Å². The maximum atomic E-state index is 13.7. The molecule has 5 heteroatoms. The van der Waals surface area contributed by atoms with Crippen molar-refractivity contribution in [3.63, 3.8) is 0 Å². The van der Waals surface area contributed by atoms with E-state index in [0.29, 0.717) is 0 Å². The second-order valence-electron chi connectivity index (χ2n) is 4.34. The Morgan fingerprint density at radius 1 is 1.25 bits per heavy atom. The second kappa shape index (κ2) is 6.37. The summed E-state index contributed by atoms with van der Waals surface area (Å²) in [7, 11) is 0. The monoisotopic (exact) mass is 355 g/mol. The van der Waals surface area contributed by atoms with Crippen LogP contribution in [0.25, 0.3) is 0 Å². The molecule has 2 aromatic carbocycles. The molecule has 0 aliphatic carbocycles. The van der Waals surface area contributed by atoms with E-state index in [2.05, 4.69) is 21.2 Å². The van der Waals surface area contributed by atoms with Crippen molar-refractivity contribution in [3.8, 4) is 0 Å². The van der Waals surface area contributed by atoms with Crippen molar-refractivity contribution in [3.05, 3.63) is 68.9 Å². The van der Waals surface area contributed by atoms with Gasteiger partial charge in [-0.3, -0.25) is 4.79 Å². The SMILES string of the molecule is C[C@@H](NC(=O)c1c(F)cccc1Cl)c1ccc(Br)cc1. The zero-order valence-electron chi connectivity index (χ0n) is 10.7. The lowest BCUT2D eigenvalue weighted by atomic mass is 10.1. The Morgan fingerprint density at radius 2 is 1.90 bits per heavy atom. The predicted octanol–water partition coefficient (Wildman–Crippen LogP) is 4.73. The van der Waals surface area contributed by atoms with E-state index in [1.807, 2.05) is 31.2 Å². The molecule has 0 aliphatic rings. The fraction of sp³-hybridized carbons (Fsp3) is 0.133. The van der Waals surface area contributed by atoms with E-state index in [-0.39, 0.29) is 16.6 Å². The van der Waals surface area contributed by atoms with Crippen molar-refractivity contribution < 1.29 is 9.18 Å². The molecule has 20 heavy (non-hydrogen) atoms. The zero-order chi connectivity index (χ0) is 14.7. The highest BCUT2D eigenvalue weighted by molar-refractivity contribution is 9.10. The molecule has 0 bridgehead atoms. The summed E-state index contributed by atoms with van der Waals surface area (Å²) in [5.41, 5.74) is 0.798. The third-order valence-electron chi connectivity index (χ3n) is 2.91. The van der Waals surface area contributed by atoms with E-state index in [1.165, 1.54) is 18.2 Å². The average Bonchev–Trinajstić information content (AvgIpc) is 2.39. The lowest BCUT2D eigenvalue weighted by molar-refractivity contribution is 0.0936. The van der Waals surface area contributed by atoms with Crippen LogP contribution in [-0.4, -0.2) is 5.91 Å². The van der Waals surface area contributed by atoms with Crippen LogP contribution in [0.4, 0.5) is 4.39 Å². The molecule has 0 unspecified atom stereocenters. The first kappa shape index (κ1) is 15.0. The number of carbonyl (C=O) groups excluding carboxylic acids is 1. The van der Waals surface area contributed by atoms with Crippen LogP contribution in [0.3, 0.4) is 0 Å². The molecule has 1 amide bonds. The van der Waals surface area contributed by atoms with Gasteiger partial charge in [0.05, 0.1) is 16.6 Å². The molecule has 0 saturated heterocycles. The molecule has 1 atom stereocenters. The topological polar surface area (TPSA) is 29.1 Å². The molecule has 2 nitrogen and oxygen atoms in total. The fourth-order valence-corrected chi connectivity index (χ4v) is 2.33. The van der Waals surface area contributed by atoms with Gasteiger partial charge < -0.3 is 5.32 Å². The van der Waals surface area contributed by atoms with Crippen molar-refractivity contribution in [2.24, 2.45) is 0 Å². The minimum atomic E-state index is -0.627. The fourth-order valence-electron chi connectivity index (χ4n) is 1.82. The van der Waals surface area contributed by atoms with Gasteiger partial charge in [-0.1, -0.05) is 45.7 Å². The van der Waals surface area contributed by atoms with Crippen molar-refractivity contribution in [2.75, 3.05) is 0 Å². The van der Waals surface area contributed by atoms with Gasteiger partial charge in [-0.05, 0) is 36.8 Å². The van der Waals surface area contributed by atoms with Crippen LogP contribution < -0.4 is 5.32 Å². The molecule has 0 fully saturated rings. The number of carbonyl (C=O) groups is 1. The molecule has 104 valence electrons. The molecule has 1 N–H and O–H groups in total. The predicted molar refractivity (Wildman–Crippen MR) is 81.4 cm³/mol. The molecular formula is C15H12BrClFNO. The summed E-state index contributed by atoms with van der Waals surface area (Å²) in [6.45, 7) is 1.83.